The summed E-state index contributed by atoms with van der Waals surface area (Å²) in [7, 11) is 0. The maximum absolute atomic E-state index is 13.4. The van der Waals surface area contributed by atoms with Gasteiger partial charge in [0.15, 0.2) is 0 Å². The van der Waals surface area contributed by atoms with Gasteiger partial charge in [0.05, 0.1) is 11.1 Å². The lowest BCUT2D eigenvalue weighted by molar-refractivity contribution is -0.00295. The molecule has 108 valence electrons. The number of aryl methyl sites for hydroxylation is 4. The highest BCUT2D eigenvalue weighted by atomic mass is 19.1. The average Bonchev–Trinajstić information content (AvgIpc) is 2.34. The predicted octanol–water partition coefficient (Wildman–Crippen LogP) is 4.27. The molecule has 0 saturated heterocycles. The summed E-state index contributed by atoms with van der Waals surface area (Å²) in [5.74, 6) is -0.669. The Morgan fingerprint density at radius 1 is 0.762 bits per heavy atom. The third-order valence-electron chi connectivity index (χ3n) is 3.57. The van der Waals surface area contributed by atoms with E-state index in [4.69, 9.17) is 0 Å². The average molecular weight is 286 g/mol. The van der Waals surface area contributed by atoms with Crippen LogP contribution in [0.15, 0.2) is 24.3 Å². The minimum atomic E-state index is -0.335. The minimum Gasteiger partial charge on any atom is -0.361 e. The second-order valence-electron chi connectivity index (χ2n) is 5.28. The molecule has 0 bridgehead atoms. The zero-order chi connectivity index (χ0) is 15.7. The molecule has 2 aromatic carbocycles. The Labute approximate surface area is 122 Å². The van der Waals surface area contributed by atoms with Gasteiger partial charge in [-0.3, -0.25) is 0 Å². The Hall–Kier alpha value is -2.32. The number of halogens is 2. The van der Waals surface area contributed by atoms with E-state index in [1.54, 1.807) is 27.7 Å². The van der Waals surface area contributed by atoms with Crippen LogP contribution < -0.4 is 0 Å². The van der Waals surface area contributed by atoms with Gasteiger partial charge in [0, 0.05) is 0 Å². The van der Waals surface area contributed by atoms with Crippen molar-refractivity contribution in [3.05, 3.63) is 74.8 Å². The molecule has 0 radical (unpaired) electrons. The Morgan fingerprint density at radius 2 is 1.05 bits per heavy atom. The number of rotatable bonds is 2. The van der Waals surface area contributed by atoms with Gasteiger partial charge in [-0.15, -0.1) is 0 Å². The van der Waals surface area contributed by atoms with Crippen molar-refractivity contribution < 1.29 is 13.6 Å². The van der Waals surface area contributed by atoms with Crippen molar-refractivity contribution in [1.82, 2.24) is 0 Å². The molecule has 0 heterocycles. The SMILES string of the molecule is Cc1cc(F)cc(C)c1C(=[N+]=[N-])c1c(C)cc(F)cc1C. The van der Waals surface area contributed by atoms with Gasteiger partial charge in [0.1, 0.15) is 11.6 Å². The Morgan fingerprint density at radius 3 is 1.29 bits per heavy atom. The lowest BCUT2D eigenvalue weighted by Crippen LogP contribution is -2.13. The highest BCUT2D eigenvalue weighted by Crippen LogP contribution is 2.24. The summed E-state index contributed by atoms with van der Waals surface area (Å²) in [6.45, 7) is 7.02. The van der Waals surface area contributed by atoms with Crippen LogP contribution in [0.1, 0.15) is 33.4 Å². The van der Waals surface area contributed by atoms with E-state index in [9.17, 15) is 14.3 Å². The van der Waals surface area contributed by atoms with Gasteiger partial charge >= 0.3 is 5.71 Å². The number of hydrogen-bond donors (Lipinski definition) is 0. The molecule has 2 rings (SSSR count). The Bertz CT molecular complexity index is 667. The third kappa shape index (κ3) is 2.76. The molecule has 0 atom stereocenters. The number of hydrogen-bond acceptors (Lipinski definition) is 0. The van der Waals surface area contributed by atoms with Crippen molar-refractivity contribution in [3.8, 4) is 0 Å². The molecule has 21 heavy (non-hydrogen) atoms. The van der Waals surface area contributed by atoms with Gasteiger partial charge < -0.3 is 5.53 Å². The molecule has 0 spiro atoms. The fourth-order valence-corrected chi connectivity index (χ4v) is 2.79. The molecule has 0 unspecified atom stereocenters. The molecule has 0 amide bonds. The van der Waals surface area contributed by atoms with E-state index in [1.807, 2.05) is 0 Å². The summed E-state index contributed by atoms with van der Waals surface area (Å²) in [5.41, 5.74) is 13.8. The van der Waals surface area contributed by atoms with Crippen LogP contribution in [0, 0.1) is 39.3 Å². The molecule has 0 aliphatic heterocycles. The molecule has 4 heteroatoms. The van der Waals surface area contributed by atoms with Crippen molar-refractivity contribution in [2.24, 2.45) is 0 Å². The first kappa shape index (κ1) is 15.1. The Kier molecular flexibility index (Phi) is 4.01. The summed E-state index contributed by atoms with van der Waals surface area (Å²) in [6.07, 6.45) is 0. The second kappa shape index (κ2) is 5.58. The number of nitrogens with zero attached hydrogens (tertiary/aromatic N) is 2. The zero-order valence-corrected chi connectivity index (χ0v) is 12.5. The van der Waals surface area contributed by atoms with E-state index in [1.165, 1.54) is 24.3 Å². The summed E-state index contributed by atoms with van der Waals surface area (Å²) in [6, 6.07) is 5.56. The van der Waals surface area contributed by atoms with Crippen LogP contribution in [-0.4, -0.2) is 10.5 Å². The molecule has 0 saturated carbocycles. The van der Waals surface area contributed by atoms with Crippen molar-refractivity contribution in [2.45, 2.75) is 27.7 Å². The van der Waals surface area contributed by atoms with Crippen LogP contribution in [0.4, 0.5) is 8.78 Å². The molecular formula is C17H16F2N2. The lowest BCUT2D eigenvalue weighted by atomic mass is 9.89. The molecule has 0 aliphatic rings. The maximum atomic E-state index is 13.4. The van der Waals surface area contributed by atoms with E-state index < -0.39 is 0 Å². The quantitative estimate of drug-likeness (QED) is 0.449. The first-order chi connectivity index (χ1) is 9.85. The molecule has 2 nitrogen and oxygen atoms in total. The van der Waals surface area contributed by atoms with Crippen LogP contribution in [-0.2, 0) is 0 Å². The Balaban J connectivity index is 2.77. The van der Waals surface area contributed by atoms with Crippen molar-refractivity contribution in [2.75, 3.05) is 0 Å². The van der Waals surface area contributed by atoms with E-state index >= 15 is 0 Å². The van der Waals surface area contributed by atoms with Crippen LogP contribution in [0.25, 0.3) is 5.53 Å². The highest BCUT2D eigenvalue weighted by Gasteiger charge is 2.25. The van der Waals surface area contributed by atoms with Crippen LogP contribution in [0.5, 0.6) is 0 Å². The van der Waals surface area contributed by atoms with Gasteiger partial charge in [-0.05, 0) is 74.2 Å². The molecular weight excluding hydrogens is 270 g/mol. The van der Waals surface area contributed by atoms with Crippen molar-refractivity contribution >= 4 is 5.71 Å². The van der Waals surface area contributed by atoms with Crippen LogP contribution >= 0.6 is 0 Å². The fourth-order valence-electron chi connectivity index (χ4n) is 2.79. The first-order valence-corrected chi connectivity index (χ1v) is 6.61. The van der Waals surface area contributed by atoms with Gasteiger partial charge in [-0.2, -0.15) is 4.79 Å². The molecule has 0 aliphatic carbocycles. The summed E-state index contributed by atoms with van der Waals surface area (Å²) >= 11 is 0. The third-order valence-corrected chi connectivity index (χ3v) is 3.57. The largest absolute Gasteiger partial charge is 0.361 e. The first-order valence-electron chi connectivity index (χ1n) is 6.61. The smallest absolute Gasteiger partial charge is 0.330 e. The van der Waals surface area contributed by atoms with Crippen LogP contribution in [0.2, 0.25) is 0 Å². The summed E-state index contributed by atoms with van der Waals surface area (Å²) in [4.78, 5) is 3.40. The monoisotopic (exact) mass is 286 g/mol. The number of benzene rings is 2. The highest BCUT2D eigenvalue weighted by molar-refractivity contribution is 6.12. The molecule has 0 fully saturated rings. The van der Waals surface area contributed by atoms with Gasteiger partial charge in [0.2, 0.25) is 0 Å². The molecule has 0 aromatic heterocycles. The summed E-state index contributed by atoms with van der Waals surface area (Å²) < 4.78 is 26.9. The maximum Gasteiger partial charge on any atom is 0.330 e. The topological polar surface area (TPSA) is 36.4 Å². The van der Waals surface area contributed by atoms with E-state index in [0.717, 1.165) is 0 Å². The lowest BCUT2D eigenvalue weighted by Gasteiger charge is -2.10. The van der Waals surface area contributed by atoms with Crippen LogP contribution in [0.3, 0.4) is 0 Å². The summed E-state index contributed by atoms with van der Waals surface area (Å²) in [5, 5.41) is 0. The fraction of sp³-hybridized carbons (Fsp3) is 0.235. The zero-order valence-electron chi connectivity index (χ0n) is 12.5. The van der Waals surface area contributed by atoms with E-state index in [-0.39, 0.29) is 11.6 Å². The standard InChI is InChI=1S/C17H16F2N2/c1-9-5-13(18)6-10(2)15(9)17(21-20)16-11(3)7-14(19)8-12(16)4/h5-8H,1-4H3. The van der Waals surface area contributed by atoms with Crippen molar-refractivity contribution in [3.63, 3.8) is 0 Å². The molecule has 2 aromatic rings. The van der Waals surface area contributed by atoms with Crippen molar-refractivity contribution in [1.29, 1.82) is 0 Å². The molecule has 0 N–H and O–H groups in total. The second-order valence-corrected chi connectivity index (χ2v) is 5.28. The van der Waals surface area contributed by atoms with Gasteiger partial charge in [-0.1, -0.05) is 0 Å². The van der Waals surface area contributed by atoms with E-state index in [0.29, 0.717) is 39.1 Å². The van der Waals surface area contributed by atoms with E-state index in [2.05, 4.69) is 4.79 Å². The predicted molar refractivity (Wildman–Crippen MR) is 78.6 cm³/mol. The minimum absolute atomic E-state index is 0.333. The normalized spacial score (nSPS) is 10.4. The van der Waals surface area contributed by atoms with Gasteiger partial charge in [0.25, 0.3) is 0 Å². The van der Waals surface area contributed by atoms with Gasteiger partial charge in [-0.25, -0.2) is 8.78 Å².